The van der Waals surface area contributed by atoms with E-state index in [0.717, 1.165) is 12.8 Å². The smallest absolute Gasteiger partial charge is 0.222 e. The normalized spacial score (nSPS) is 19.8. The van der Waals surface area contributed by atoms with Gasteiger partial charge in [-0.1, -0.05) is 42.5 Å². The highest BCUT2D eigenvalue weighted by atomic mass is 16.2. The molecule has 26 heavy (non-hydrogen) atoms. The minimum Gasteiger partial charge on any atom is -0.350 e. The summed E-state index contributed by atoms with van der Waals surface area (Å²) in [5.74, 6) is 0.230. The summed E-state index contributed by atoms with van der Waals surface area (Å²) < 4.78 is 0. The number of carbonyl (C=O) groups is 2. The van der Waals surface area contributed by atoms with Crippen LogP contribution in [-0.2, 0) is 16.0 Å². The van der Waals surface area contributed by atoms with Crippen molar-refractivity contribution in [3.05, 3.63) is 48.0 Å². The first kappa shape index (κ1) is 18.4. The highest BCUT2D eigenvalue weighted by molar-refractivity contribution is 5.86. The second kappa shape index (κ2) is 7.48. The summed E-state index contributed by atoms with van der Waals surface area (Å²) in [5.41, 5.74) is 0.907. The molecule has 1 atom stereocenters. The fourth-order valence-corrected chi connectivity index (χ4v) is 3.80. The van der Waals surface area contributed by atoms with Crippen LogP contribution in [0.2, 0.25) is 0 Å². The number of hydrogen-bond acceptors (Lipinski definition) is 2. The number of hydrogen-bond donors (Lipinski definition) is 1. The monoisotopic (exact) mass is 352 g/mol. The number of nitrogens with one attached hydrogen (secondary N) is 1. The minimum atomic E-state index is -0.325. The Morgan fingerprint density at radius 3 is 2.62 bits per heavy atom. The van der Waals surface area contributed by atoms with Gasteiger partial charge in [-0.3, -0.25) is 9.59 Å². The van der Waals surface area contributed by atoms with Gasteiger partial charge in [0, 0.05) is 31.5 Å². The van der Waals surface area contributed by atoms with Crippen molar-refractivity contribution in [1.82, 2.24) is 10.2 Å². The van der Waals surface area contributed by atoms with Crippen LogP contribution in [0.1, 0.15) is 45.1 Å². The lowest BCUT2D eigenvalue weighted by atomic mass is 9.83. The number of rotatable bonds is 6. The molecule has 0 aromatic heterocycles. The number of amides is 2. The van der Waals surface area contributed by atoms with Crippen LogP contribution in [0, 0.1) is 0 Å². The van der Waals surface area contributed by atoms with Gasteiger partial charge in [-0.2, -0.15) is 0 Å². The molecule has 0 saturated carbocycles. The molecule has 1 heterocycles. The summed E-state index contributed by atoms with van der Waals surface area (Å²) >= 11 is 0. The third-order valence-electron chi connectivity index (χ3n) is 5.63. The summed E-state index contributed by atoms with van der Waals surface area (Å²) in [6.45, 7) is 4.03. The first-order chi connectivity index (χ1) is 12.4. The maximum atomic E-state index is 12.4. The second-order valence-corrected chi connectivity index (χ2v) is 7.74. The first-order valence-electron chi connectivity index (χ1n) is 9.43. The molecule has 4 nitrogen and oxygen atoms in total. The van der Waals surface area contributed by atoms with E-state index in [2.05, 4.69) is 35.6 Å². The van der Waals surface area contributed by atoms with E-state index in [4.69, 9.17) is 0 Å². The zero-order valence-corrected chi connectivity index (χ0v) is 15.9. The average molecular weight is 352 g/mol. The molecule has 1 unspecified atom stereocenters. The van der Waals surface area contributed by atoms with Crippen LogP contribution in [-0.4, -0.2) is 35.3 Å². The van der Waals surface area contributed by atoms with Crippen LogP contribution < -0.4 is 5.32 Å². The fourth-order valence-electron chi connectivity index (χ4n) is 3.80. The molecule has 1 aliphatic rings. The number of nitrogens with zero attached hydrogens (tertiary/aromatic N) is 1. The lowest BCUT2D eigenvalue weighted by Crippen LogP contribution is -2.45. The standard InChI is InChI=1S/C22H28N2O2/c1-16(2)24(3)21(26)12-14-22(13-11-20(25)23-22)15-18-9-6-8-17-7-4-5-10-19(17)18/h4-10,16H,11-15H2,1-3H3,(H,23,25). The van der Waals surface area contributed by atoms with Crippen molar-refractivity contribution >= 4 is 22.6 Å². The maximum absolute atomic E-state index is 12.4. The maximum Gasteiger partial charge on any atom is 0.222 e. The molecule has 0 spiro atoms. The molecule has 1 aliphatic heterocycles. The van der Waals surface area contributed by atoms with Crippen LogP contribution in [0.15, 0.2) is 42.5 Å². The van der Waals surface area contributed by atoms with Crippen LogP contribution in [0.25, 0.3) is 10.8 Å². The van der Waals surface area contributed by atoms with Crippen molar-refractivity contribution in [1.29, 1.82) is 0 Å². The number of carbonyl (C=O) groups excluding carboxylic acids is 2. The highest BCUT2D eigenvalue weighted by Crippen LogP contribution is 2.32. The minimum absolute atomic E-state index is 0.0925. The van der Waals surface area contributed by atoms with Crippen LogP contribution >= 0.6 is 0 Å². The summed E-state index contributed by atoms with van der Waals surface area (Å²) in [5, 5.41) is 5.63. The summed E-state index contributed by atoms with van der Waals surface area (Å²) in [6.07, 6.45) is 3.23. The molecular weight excluding hydrogens is 324 g/mol. The van der Waals surface area contributed by atoms with E-state index in [9.17, 15) is 9.59 Å². The molecule has 1 fully saturated rings. The van der Waals surface area contributed by atoms with Crippen molar-refractivity contribution in [3.63, 3.8) is 0 Å². The van der Waals surface area contributed by atoms with Crippen molar-refractivity contribution < 1.29 is 9.59 Å². The fraction of sp³-hybridized carbons (Fsp3) is 0.455. The summed E-state index contributed by atoms with van der Waals surface area (Å²) in [6, 6.07) is 14.8. The number of benzene rings is 2. The van der Waals surface area contributed by atoms with Gasteiger partial charge in [-0.25, -0.2) is 0 Å². The van der Waals surface area contributed by atoms with E-state index in [1.54, 1.807) is 4.90 Å². The predicted molar refractivity (Wildman–Crippen MR) is 105 cm³/mol. The van der Waals surface area contributed by atoms with Gasteiger partial charge in [0.05, 0.1) is 0 Å². The zero-order chi connectivity index (χ0) is 18.7. The summed E-state index contributed by atoms with van der Waals surface area (Å²) in [4.78, 5) is 26.2. The van der Waals surface area contributed by atoms with Crippen molar-refractivity contribution in [2.45, 2.75) is 57.5 Å². The van der Waals surface area contributed by atoms with Gasteiger partial charge >= 0.3 is 0 Å². The van der Waals surface area contributed by atoms with Crippen LogP contribution in [0.3, 0.4) is 0 Å². The molecule has 0 bridgehead atoms. The van der Waals surface area contributed by atoms with Crippen molar-refractivity contribution in [2.24, 2.45) is 0 Å². The second-order valence-electron chi connectivity index (χ2n) is 7.74. The third-order valence-corrected chi connectivity index (χ3v) is 5.63. The van der Waals surface area contributed by atoms with Gasteiger partial charge in [-0.05, 0) is 49.4 Å². The largest absolute Gasteiger partial charge is 0.350 e. The molecule has 0 aliphatic carbocycles. The Kier molecular flexibility index (Phi) is 5.30. The third kappa shape index (κ3) is 3.90. The molecule has 138 valence electrons. The number of fused-ring (bicyclic) bond motifs is 1. The molecule has 2 aromatic rings. The Labute approximate surface area is 155 Å². The average Bonchev–Trinajstić information content (AvgIpc) is 3.00. The van der Waals surface area contributed by atoms with E-state index in [1.807, 2.05) is 33.0 Å². The molecule has 4 heteroatoms. The predicted octanol–water partition coefficient (Wildman–Crippen LogP) is 3.68. The SMILES string of the molecule is CC(C)N(C)C(=O)CCC1(Cc2cccc3ccccc23)CCC(=O)N1. The molecule has 1 saturated heterocycles. The Balaban J connectivity index is 1.82. The summed E-state index contributed by atoms with van der Waals surface area (Å²) in [7, 11) is 1.84. The van der Waals surface area contributed by atoms with Gasteiger partial charge in [0.1, 0.15) is 0 Å². The van der Waals surface area contributed by atoms with E-state index in [0.29, 0.717) is 19.3 Å². The van der Waals surface area contributed by atoms with Gasteiger partial charge < -0.3 is 10.2 Å². The Bertz CT molecular complexity index is 809. The van der Waals surface area contributed by atoms with Crippen LogP contribution in [0.5, 0.6) is 0 Å². The van der Waals surface area contributed by atoms with E-state index < -0.39 is 0 Å². The molecular formula is C22H28N2O2. The van der Waals surface area contributed by atoms with Gasteiger partial charge in [0.15, 0.2) is 0 Å². The lowest BCUT2D eigenvalue weighted by molar-refractivity contribution is -0.132. The lowest BCUT2D eigenvalue weighted by Gasteiger charge is -2.31. The topological polar surface area (TPSA) is 49.4 Å². The quantitative estimate of drug-likeness (QED) is 0.862. The van der Waals surface area contributed by atoms with Gasteiger partial charge in [0.2, 0.25) is 11.8 Å². The van der Waals surface area contributed by atoms with Crippen molar-refractivity contribution in [3.8, 4) is 0 Å². The molecule has 1 N–H and O–H groups in total. The Morgan fingerprint density at radius 1 is 1.19 bits per heavy atom. The van der Waals surface area contributed by atoms with Gasteiger partial charge in [-0.15, -0.1) is 0 Å². The van der Waals surface area contributed by atoms with Crippen molar-refractivity contribution in [2.75, 3.05) is 7.05 Å². The van der Waals surface area contributed by atoms with Gasteiger partial charge in [0.25, 0.3) is 0 Å². The van der Waals surface area contributed by atoms with Crippen LogP contribution in [0.4, 0.5) is 0 Å². The zero-order valence-electron chi connectivity index (χ0n) is 15.9. The molecule has 2 amide bonds. The van der Waals surface area contributed by atoms with E-state index in [-0.39, 0.29) is 23.4 Å². The highest BCUT2D eigenvalue weighted by Gasteiger charge is 2.38. The molecule has 3 rings (SSSR count). The Hall–Kier alpha value is -2.36. The van der Waals surface area contributed by atoms with E-state index >= 15 is 0 Å². The first-order valence-corrected chi connectivity index (χ1v) is 9.43. The Morgan fingerprint density at radius 2 is 1.92 bits per heavy atom. The molecule has 0 radical (unpaired) electrons. The molecule has 2 aromatic carbocycles. The van der Waals surface area contributed by atoms with E-state index in [1.165, 1.54) is 16.3 Å².